The Morgan fingerprint density at radius 2 is 1.62 bits per heavy atom. The van der Waals surface area contributed by atoms with Crippen molar-refractivity contribution in [2.24, 2.45) is 0 Å². The maximum absolute atomic E-state index is 13.3. The van der Waals surface area contributed by atoms with Crippen molar-refractivity contribution in [1.82, 2.24) is 0 Å². The average Bonchev–Trinajstić information content (AvgIpc) is 2.96. The van der Waals surface area contributed by atoms with Gasteiger partial charge in [0.15, 0.2) is 11.4 Å². The third-order valence-electron chi connectivity index (χ3n) is 5.36. The summed E-state index contributed by atoms with van der Waals surface area (Å²) >= 11 is 12.1. The summed E-state index contributed by atoms with van der Waals surface area (Å²) in [7, 11) is 0. The van der Waals surface area contributed by atoms with E-state index in [9.17, 15) is 24.8 Å². The first-order valence-corrected chi connectivity index (χ1v) is 10.3. The topological polar surface area (TPSA) is 101 Å². The number of nitrogens with zero attached hydrogens (tertiary/aromatic N) is 2. The molecule has 0 saturated carbocycles. The second-order valence-electron chi connectivity index (χ2n) is 7.44. The number of nitro benzene ring substituents is 1. The van der Waals surface area contributed by atoms with E-state index in [0.29, 0.717) is 15.7 Å². The molecule has 0 unspecified atom stereocenters. The van der Waals surface area contributed by atoms with Crippen LogP contribution >= 0.6 is 23.2 Å². The van der Waals surface area contributed by atoms with Crippen molar-refractivity contribution in [3.05, 3.63) is 104 Å². The van der Waals surface area contributed by atoms with Crippen LogP contribution in [0, 0.1) is 10.1 Å². The smallest absolute Gasteiger partial charge is 0.269 e. The van der Waals surface area contributed by atoms with Crippen LogP contribution in [0.3, 0.4) is 0 Å². The van der Waals surface area contributed by atoms with E-state index in [1.54, 1.807) is 36.4 Å². The number of ketones is 1. The molecule has 4 rings (SSSR count). The molecule has 3 aromatic carbocycles. The first-order valence-electron chi connectivity index (χ1n) is 9.55. The molecule has 0 saturated heterocycles. The molecule has 0 aromatic heterocycles. The molecule has 0 bridgehead atoms. The van der Waals surface area contributed by atoms with Gasteiger partial charge in [-0.15, -0.1) is 0 Å². The number of benzene rings is 3. The van der Waals surface area contributed by atoms with Crippen molar-refractivity contribution in [3.8, 4) is 0 Å². The van der Waals surface area contributed by atoms with Gasteiger partial charge in [-0.05, 0) is 48.0 Å². The van der Waals surface area contributed by atoms with E-state index < -0.39 is 28.6 Å². The number of carbonyl (C=O) groups excluding carboxylic acids is 2. The molecule has 1 N–H and O–H groups in total. The summed E-state index contributed by atoms with van der Waals surface area (Å²) in [5.41, 5.74) is -0.659. The zero-order valence-corrected chi connectivity index (χ0v) is 18.0. The lowest BCUT2D eigenvalue weighted by molar-refractivity contribution is -0.384. The summed E-state index contributed by atoms with van der Waals surface area (Å²) in [6.45, 7) is 0.165. The molecular weight excluding hydrogens is 455 g/mol. The molecule has 3 aromatic rings. The van der Waals surface area contributed by atoms with Crippen LogP contribution in [0.1, 0.15) is 27.9 Å². The quantitative estimate of drug-likeness (QED) is 0.313. The predicted octanol–water partition coefficient (Wildman–Crippen LogP) is 4.91. The number of halogens is 2. The molecule has 9 heteroatoms. The maximum atomic E-state index is 13.3. The summed E-state index contributed by atoms with van der Waals surface area (Å²) in [5, 5.41) is 23.1. The van der Waals surface area contributed by atoms with Gasteiger partial charge in [-0.3, -0.25) is 19.7 Å². The van der Waals surface area contributed by atoms with Crippen LogP contribution in [0.4, 0.5) is 11.4 Å². The first kappa shape index (κ1) is 22.0. The molecule has 0 fully saturated rings. The van der Waals surface area contributed by atoms with E-state index in [4.69, 9.17) is 23.2 Å². The number of fused-ring (bicyclic) bond motifs is 1. The second-order valence-corrected chi connectivity index (χ2v) is 8.32. The molecule has 0 spiro atoms. The van der Waals surface area contributed by atoms with Crippen LogP contribution in [0.2, 0.25) is 10.0 Å². The molecule has 1 aliphatic heterocycles. The molecular formula is C23H16Cl2N2O5. The van der Waals surface area contributed by atoms with E-state index in [2.05, 4.69) is 0 Å². The van der Waals surface area contributed by atoms with Gasteiger partial charge in [-0.1, -0.05) is 35.3 Å². The number of anilines is 1. The SMILES string of the molecule is O=C(C[C@]1(O)C(=O)N(Cc2ccc(Cl)cc2)c2ccc(Cl)cc21)c1ccc([N+](=O)[O-])cc1. The number of Topliss-reactive ketones (excluding diaryl/α,β-unsaturated/α-hetero) is 1. The van der Waals surface area contributed by atoms with Crippen molar-refractivity contribution in [2.75, 3.05) is 4.90 Å². The Labute approximate surface area is 193 Å². The number of carbonyl (C=O) groups is 2. The Hall–Kier alpha value is -3.26. The fourth-order valence-corrected chi connectivity index (χ4v) is 4.02. The van der Waals surface area contributed by atoms with Crippen LogP contribution in [-0.4, -0.2) is 21.7 Å². The summed E-state index contributed by atoms with van der Waals surface area (Å²) < 4.78 is 0. The average molecular weight is 471 g/mol. The molecule has 32 heavy (non-hydrogen) atoms. The van der Waals surface area contributed by atoms with Crippen molar-refractivity contribution in [2.45, 2.75) is 18.6 Å². The lowest BCUT2D eigenvalue weighted by Crippen LogP contribution is -2.41. The van der Waals surface area contributed by atoms with Gasteiger partial charge in [-0.2, -0.15) is 0 Å². The van der Waals surface area contributed by atoms with Crippen LogP contribution in [0.15, 0.2) is 66.7 Å². The van der Waals surface area contributed by atoms with E-state index in [1.165, 1.54) is 35.2 Å². The van der Waals surface area contributed by atoms with Crippen LogP contribution in [0.25, 0.3) is 0 Å². The maximum Gasteiger partial charge on any atom is 0.269 e. The third kappa shape index (κ3) is 3.98. The zero-order chi connectivity index (χ0) is 23.0. The highest BCUT2D eigenvalue weighted by Crippen LogP contribution is 2.44. The zero-order valence-electron chi connectivity index (χ0n) is 16.5. The predicted molar refractivity (Wildman–Crippen MR) is 120 cm³/mol. The largest absolute Gasteiger partial charge is 0.375 e. The highest BCUT2D eigenvalue weighted by Gasteiger charge is 2.51. The minimum Gasteiger partial charge on any atom is -0.375 e. The number of nitro groups is 1. The van der Waals surface area contributed by atoms with Crippen molar-refractivity contribution < 1.29 is 19.6 Å². The van der Waals surface area contributed by atoms with Crippen LogP contribution < -0.4 is 4.90 Å². The summed E-state index contributed by atoms with van der Waals surface area (Å²) in [4.78, 5) is 37.9. The van der Waals surface area contributed by atoms with Crippen molar-refractivity contribution >= 4 is 46.3 Å². The summed E-state index contributed by atoms with van der Waals surface area (Å²) in [6.07, 6.45) is -0.534. The minimum absolute atomic E-state index is 0.150. The first-order chi connectivity index (χ1) is 15.2. The Bertz CT molecular complexity index is 1230. The lowest BCUT2D eigenvalue weighted by Gasteiger charge is -2.23. The van der Waals surface area contributed by atoms with Gasteiger partial charge in [0.2, 0.25) is 0 Å². The molecule has 1 aliphatic rings. The molecule has 162 valence electrons. The lowest BCUT2D eigenvalue weighted by atomic mass is 9.88. The summed E-state index contributed by atoms with van der Waals surface area (Å²) in [5.74, 6) is -1.19. The van der Waals surface area contributed by atoms with Crippen LogP contribution in [-0.2, 0) is 16.9 Å². The number of hydrogen-bond acceptors (Lipinski definition) is 5. The third-order valence-corrected chi connectivity index (χ3v) is 5.85. The molecule has 1 amide bonds. The van der Waals surface area contributed by atoms with E-state index in [0.717, 1.165) is 5.56 Å². The standard InChI is InChI=1S/C23H16Cl2N2O5/c24-16-5-1-14(2-6-16)13-26-20-10-7-17(25)11-19(20)23(30,22(26)29)12-21(28)15-3-8-18(9-4-15)27(31)32/h1-11,30H,12-13H2/t23-/m1/s1. The fourth-order valence-electron chi connectivity index (χ4n) is 3.73. The van der Waals surface area contributed by atoms with E-state index >= 15 is 0 Å². The monoisotopic (exact) mass is 470 g/mol. The number of aliphatic hydroxyl groups is 1. The van der Waals surface area contributed by atoms with Gasteiger partial charge in [0.25, 0.3) is 11.6 Å². The fraction of sp³-hybridized carbons (Fsp3) is 0.130. The highest BCUT2D eigenvalue weighted by molar-refractivity contribution is 6.31. The van der Waals surface area contributed by atoms with E-state index in [-0.39, 0.29) is 23.4 Å². The van der Waals surface area contributed by atoms with Crippen LogP contribution in [0.5, 0.6) is 0 Å². The van der Waals surface area contributed by atoms with Gasteiger partial charge >= 0.3 is 0 Å². The van der Waals surface area contributed by atoms with Crippen molar-refractivity contribution in [3.63, 3.8) is 0 Å². The van der Waals surface area contributed by atoms with Crippen molar-refractivity contribution in [1.29, 1.82) is 0 Å². The number of rotatable bonds is 6. The number of hydrogen-bond donors (Lipinski definition) is 1. The Morgan fingerprint density at radius 3 is 2.25 bits per heavy atom. The Balaban J connectivity index is 1.67. The van der Waals surface area contributed by atoms with Gasteiger partial charge in [0.05, 0.1) is 23.6 Å². The van der Waals surface area contributed by atoms with Gasteiger partial charge in [-0.25, -0.2) is 0 Å². The molecule has 0 aliphatic carbocycles. The Morgan fingerprint density at radius 1 is 1.00 bits per heavy atom. The van der Waals surface area contributed by atoms with Gasteiger partial charge < -0.3 is 10.0 Å². The highest BCUT2D eigenvalue weighted by atomic mass is 35.5. The second kappa shape index (κ2) is 8.35. The molecule has 0 radical (unpaired) electrons. The minimum atomic E-state index is -2.12. The number of amides is 1. The van der Waals surface area contributed by atoms with Gasteiger partial charge in [0, 0.05) is 33.3 Å². The summed E-state index contributed by atoms with van der Waals surface area (Å²) in [6, 6.07) is 16.6. The van der Waals surface area contributed by atoms with E-state index in [1.807, 2.05) is 0 Å². The Kier molecular flexibility index (Phi) is 5.73. The van der Waals surface area contributed by atoms with Gasteiger partial charge in [0.1, 0.15) is 0 Å². The molecule has 7 nitrogen and oxygen atoms in total. The number of non-ortho nitro benzene ring substituents is 1. The molecule has 1 atom stereocenters. The molecule has 1 heterocycles. The normalized spacial score (nSPS) is 17.3.